The second-order valence-corrected chi connectivity index (χ2v) is 5.42. The first kappa shape index (κ1) is 10.5. The lowest BCUT2D eigenvalue weighted by Crippen LogP contribution is -2.47. The zero-order chi connectivity index (χ0) is 11.1. The van der Waals surface area contributed by atoms with Crippen LogP contribution in [0.1, 0.15) is 13.0 Å². The molecule has 3 rings (SSSR count). The monoisotopic (exact) mass is 328 g/mol. The summed E-state index contributed by atoms with van der Waals surface area (Å²) in [6.45, 7) is 5.51. The molecule has 1 aromatic carbocycles. The van der Waals surface area contributed by atoms with Crippen LogP contribution < -0.4 is 0 Å². The Kier molecular flexibility index (Phi) is 2.59. The van der Waals surface area contributed by atoms with Gasteiger partial charge in [-0.15, -0.1) is 5.10 Å². The minimum absolute atomic E-state index is 0.505. The maximum absolute atomic E-state index is 4.26. The van der Waals surface area contributed by atoms with Crippen LogP contribution in [0.2, 0.25) is 0 Å². The van der Waals surface area contributed by atoms with Crippen LogP contribution in [-0.2, 0) is 0 Å². The first-order valence-electron chi connectivity index (χ1n) is 5.50. The average molecular weight is 328 g/mol. The van der Waals surface area contributed by atoms with E-state index in [1.165, 1.54) is 3.57 Å². The van der Waals surface area contributed by atoms with Crippen LogP contribution in [0.15, 0.2) is 18.2 Å². The number of rotatable bonds is 2. The molecule has 16 heavy (non-hydrogen) atoms. The molecule has 0 bridgehead atoms. The number of likely N-dealkylation sites (N-methyl/N-ethyl adjacent to an activating group) is 1. The molecule has 4 nitrogen and oxygen atoms in total. The van der Waals surface area contributed by atoms with Crippen LogP contribution in [0.25, 0.3) is 11.0 Å². The van der Waals surface area contributed by atoms with Crippen molar-refractivity contribution in [2.45, 2.75) is 13.0 Å². The molecule has 1 saturated heterocycles. The van der Waals surface area contributed by atoms with Gasteiger partial charge in [-0.3, -0.25) is 4.90 Å². The van der Waals surface area contributed by atoms with Gasteiger partial charge in [0.1, 0.15) is 5.52 Å². The normalized spacial score (nSPS) is 17.9. The topological polar surface area (TPSA) is 34.0 Å². The predicted molar refractivity (Wildman–Crippen MR) is 71.4 cm³/mol. The van der Waals surface area contributed by atoms with Gasteiger partial charge < -0.3 is 0 Å². The fraction of sp³-hybridized carbons (Fsp3) is 0.455. The van der Waals surface area contributed by atoms with E-state index in [2.05, 4.69) is 67.6 Å². The predicted octanol–water partition coefficient (Wildman–Crippen LogP) is 1.91. The molecule has 1 aliphatic rings. The summed E-state index contributed by atoms with van der Waals surface area (Å²) in [5.41, 5.74) is 2.16. The van der Waals surface area contributed by atoms with Gasteiger partial charge >= 0.3 is 0 Å². The molecule has 5 heteroatoms. The smallest absolute Gasteiger partial charge is 0.114 e. The Morgan fingerprint density at radius 2 is 2.25 bits per heavy atom. The van der Waals surface area contributed by atoms with Crippen molar-refractivity contribution in [3.05, 3.63) is 21.8 Å². The first-order chi connectivity index (χ1) is 7.78. The Morgan fingerprint density at radius 3 is 3.00 bits per heavy atom. The summed E-state index contributed by atoms with van der Waals surface area (Å²) in [5, 5.41) is 8.49. The average Bonchev–Trinajstić information content (AvgIpc) is 2.60. The van der Waals surface area contributed by atoms with E-state index in [4.69, 9.17) is 0 Å². The van der Waals surface area contributed by atoms with Gasteiger partial charge in [0.2, 0.25) is 0 Å². The van der Waals surface area contributed by atoms with Gasteiger partial charge in [-0.25, -0.2) is 4.68 Å². The van der Waals surface area contributed by atoms with Crippen LogP contribution in [-0.4, -0.2) is 39.5 Å². The second kappa shape index (κ2) is 3.96. The number of aromatic nitrogens is 3. The molecule has 0 N–H and O–H groups in total. The van der Waals surface area contributed by atoms with Crippen molar-refractivity contribution in [2.75, 3.05) is 19.6 Å². The van der Waals surface area contributed by atoms with E-state index in [0.29, 0.717) is 6.04 Å². The van der Waals surface area contributed by atoms with Gasteiger partial charge in [0.25, 0.3) is 0 Å². The van der Waals surface area contributed by atoms with Crippen molar-refractivity contribution in [3.8, 4) is 0 Å². The van der Waals surface area contributed by atoms with E-state index in [0.717, 1.165) is 30.7 Å². The Labute approximate surface area is 108 Å². The molecule has 1 fully saturated rings. The van der Waals surface area contributed by atoms with Crippen LogP contribution in [0.4, 0.5) is 0 Å². The summed E-state index contributed by atoms with van der Waals surface area (Å²) >= 11 is 2.30. The highest BCUT2D eigenvalue weighted by Gasteiger charge is 2.28. The molecule has 1 aromatic heterocycles. The Balaban J connectivity index is 1.94. The SMILES string of the molecule is CCN1CC(n2nnc3cc(I)ccc32)C1. The number of hydrogen-bond donors (Lipinski definition) is 0. The van der Waals surface area contributed by atoms with Crippen molar-refractivity contribution in [2.24, 2.45) is 0 Å². The third kappa shape index (κ3) is 1.62. The lowest BCUT2D eigenvalue weighted by Gasteiger charge is -2.38. The molecule has 0 radical (unpaired) electrons. The first-order valence-corrected chi connectivity index (χ1v) is 6.58. The van der Waals surface area contributed by atoms with E-state index in [1.807, 2.05) is 0 Å². The fourth-order valence-electron chi connectivity index (χ4n) is 2.14. The van der Waals surface area contributed by atoms with E-state index in [9.17, 15) is 0 Å². The standard InChI is InChI=1S/C11H13IN4/c1-2-15-6-9(7-15)16-11-4-3-8(12)5-10(11)13-14-16/h3-5,9H,2,6-7H2,1H3. The molecule has 0 atom stereocenters. The van der Waals surface area contributed by atoms with Gasteiger partial charge in [0.05, 0.1) is 11.6 Å². The zero-order valence-electron chi connectivity index (χ0n) is 9.10. The van der Waals surface area contributed by atoms with Crippen LogP contribution >= 0.6 is 22.6 Å². The number of fused-ring (bicyclic) bond motifs is 1. The van der Waals surface area contributed by atoms with Gasteiger partial charge in [0.15, 0.2) is 0 Å². The van der Waals surface area contributed by atoms with Gasteiger partial charge in [-0.2, -0.15) is 0 Å². The molecule has 2 heterocycles. The van der Waals surface area contributed by atoms with E-state index in [1.54, 1.807) is 0 Å². The van der Waals surface area contributed by atoms with Gasteiger partial charge in [-0.1, -0.05) is 12.1 Å². The highest BCUT2D eigenvalue weighted by molar-refractivity contribution is 14.1. The molecule has 2 aromatic rings. The summed E-state index contributed by atoms with van der Waals surface area (Å²) in [4.78, 5) is 2.41. The molecular weight excluding hydrogens is 315 g/mol. The minimum Gasteiger partial charge on any atom is -0.299 e. The van der Waals surface area contributed by atoms with Crippen molar-refractivity contribution < 1.29 is 0 Å². The second-order valence-electron chi connectivity index (χ2n) is 4.17. The van der Waals surface area contributed by atoms with Gasteiger partial charge in [0, 0.05) is 16.7 Å². The van der Waals surface area contributed by atoms with E-state index >= 15 is 0 Å². The maximum atomic E-state index is 4.26. The van der Waals surface area contributed by atoms with Crippen molar-refractivity contribution in [3.63, 3.8) is 0 Å². The van der Waals surface area contributed by atoms with E-state index in [-0.39, 0.29) is 0 Å². The van der Waals surface area contributed by atoms with Crippen molar-refractivity contribution in [1.29, 1.82) is 0 Å². The molecule has 0 unspecified atom stereocenters. The highest BCUT2D eigenvalue weighted by atomic mass is 127. The summed E-state index contributed by atoms with van der Waals surface area (Å²) in [5.74, 6) is 0. The number of likely N-dealkylation sites (tertiary alicyclic amines) is 1. The van der Waals surface area contributed by atoms with Crippen molar-refractivity contribution >= 4 is 33.6 Å². The van der Waals surface area contributed by atoms with Crippen molar-refractivity contribution in [1.82, 2.24) is 19.9 Å². The third-order valence-electron chi connectivity index (χ3n) is 3.16. The Morgan fingerprint density at radius 1 is 1.44 bits per heavy atom. The Hall–Kier alpha value is -0.690. The molecule has 0 amide bonds. The Bertz CT molecular complexity index is 516. The molecule has 84 valence electrons. The third-order valence-corrected chi connectivity index (χ3v) is 3.84. The van der Waals surface area contributed by atoms with E-state index < -0.39 is 0 Å². The highest BCUT2D eigenvalue weighted by Crippen LogP contribution is 2.24. The van der Waals surface area contributed by atoms with Crippen LogP contribution in [0, 0.1) is 3.57 Å². The minimum atomic E-state index is 0.505. The molecular formula is C11H13IN4. The lowest BCUT2D eigenvalue weighted by molar-refractivity contribution is 0.107. The number of nitrogens with zero attached hydrogens (tertiary/aromatic N) is 4. The summed E-state index contributed by atoms with van der Waals surface area (Å²) in [6.07, 6.45) is 0. The largest absolute Gasteiger partial charge is 0.299 e. The maximum Gasteiger partial charge on any atom is 0.114 e. The fourth-order valence-corrected chi connectivity index (χ4v) is 2.61. The van der Waals surface area contributed by atoms with Crippen LogP contribution in [0.3, 0.4) is 0 Å². The zero-order valence-corrected chi connectivity index (χ0v) is 11.3. The summed E-state index contributed by atoms with van der Waals surface area (Å²) < 4.78 is 3.28. The molecule has 0 spiro atoms. The van der Waals surface area contributed by atoms with Crippen LogP contribution in [0.5, 0.6) is 0 Å². The number of hydrogen-bond acceptors (Lipinski definition) is 3. The summed E-state index contributed by atoms with van der Waals surface area (Å²) in [6, 6.07) is 6.81. The summed E-state index contributed by atoms with van der Waals surface area (Å²) in [7, 11) is 0. The number of benzene rings is 1. The lowest BCUT2D eigenvalue weighted by atomic mass is 10.1. The number of halogens is 1. The quantitative estimate of drug-likeness (QED) is 0.790. The molecule has 1 aliphatic heterocycles. The molecule has 0 aliphatic carbocycles. The van der Waals surface area contributed by atoms with Gasteiger partial charge in [-0.05, 0) is 47.3 Å². The molecule has 0 saturated carbocycles.